The van der Waals surface area contributed by atoms with Crippen molar-refractivity contribution in [2.75, 3.05) is 14.2 Å². The average Bonchev–Trinajstić information content (AvgIpc) is 2.65. The lowest BCUT2D eigenvalue weighted by atomic mass is 10.2. The maximum atomic E-state index is 12.6. The van der Waals surface area contributed by atoms with Crippen molar-refractivity contribution < 1.29 is 17.9 Å². The van der Waals surface area contributed by atoms with Crippen molar-refractivity contribution >= 4 is 27.5 Å². The van der Waals surface area contributed by atoms with Crippen LogP contribution in [0.15, 0.2) is 47.4 Å². The fourth-order valence-corrected chi connectivity index (χ4v) is 3.90. The van der Waals surface area contributed by atoms with Gasteiger partial charge in [-0.15, -0.1) is 0 Å². The molecule has 0 aliphatic heterocycles. The fraction of sp³-hybridized carbons (Fsp3) is 0.316. The van der Waals surface area contributed by atoms with E-state index in [4.69, 9.17) is 16.3 Å². The Balaban J connectivity index is 2.20. The molecule has 0 atom stereocenters. The molecule has 0 unspecified atom stereocenters. The summed E-state index contributed by atoms with van der Waals surface area (Å²) in [7, 11) is -0.627. The zero-order valence-corrected chi connectivity index (χ0v) is 17.3. The van der Waals surface area contributed by atoms with Gasteiger partial charge in [-0.2, -0.15) is 4.31 Å². The first-order chi connectivity index (χ1) is 12.7. The van der Waals surface area contributed by atoms with Gasteiger partial charge >= 0.3 is 0 Å². The van der Waals surface area contributed by atoms with Gasteiger partial charge in [0.15, 0.2) is 0 Å². The third-order valence-electron chi connectivity index (χ3n) is 4.20. The van der Waals surface area contributed by atoms with Gasteiger partial charge in [0.1, 0.15) is 5.75 Å². The number of methoxy groups -OCH3 is 1. The van der Waals surface area contributed by atoms with E-state index in [1.165, 1.54) is 29.6 Å². The van der Waals surface area contributed by atoms with Crippen LogP contribution in [-0.2, 0) is 16.6 Å². The predicted octanol–water partition coefficient (Wildman–Crippen LogP) is 3.31. The van der Waals surface area contributed by atoms with E-state index in [0.29, 0.717) is 0 Å². The van der Waals surface area contributed by atoms with Crippen LogP contribution in [0, 0.1) is 0 Å². The molecule has 0 aliphatic rings. The molecular formula is C19H23ClN2O4S. The van der Waals surface area contributed by atoms with Crippen LogP contribution in [0.5, 0.6) is 5.75 Å². The number of hydrogen-bond acceptors (Lipinski definition) is 4. The number of amides is 1. The Morgan fingerprint density at radius 3 is 2.37 bits per heavy atom. The van der Waals surface area contributed by atoms with E-state index >= 15 is 0 Å². The molecule has 0 aromatic heterocycles. The van der Waals surface area contributed by atoms with Crippen LogP contribution < -0.4 is 10.1 Å². The van der Waals surface area contributed by atoms with Gasteiger partial charge in [0, 0.05) is 19.6 Å². The molecular weight excluding hydrogens is 388 g/mol. The van der Waals surface area contributed by atoms with Gasteiger partial charge in [-0.05, 0) is 49.7 Å². The first-order valence-electron chi connectivity index (χ1n) is 8.35. The van der Waals surface area contributed by atoms with Crippen LogP contribution in [0.2, 0.25) is 5.02 Å². The summed E-state index contributed by atoms with van der Waals surface area (Å²) >= 11 is 6.12. The highest BCUT2D eigenvalue weighted by Crippen LogP contribution is 2.23. The van der Waals surface area contributed by atoms with Crippen molar-refractivity contribution in [2.45, 2.75) is 31.3 Å². The molecule has 2 aromatic rings. The van der Waals surface area contributed by atoms with Gasteiger partial charge in [0.05, 0.1) is 22.6 Å². The molecule has 146 valence electrons. The van der Waals surface area contributed by atoms with Crippen molar-refractivity contribution in [3.8, 4) is 5.75 Å². The Bertz CT molecular complexity index is 912. The Hall–Kier alpha value is -2.09. The van der Waals surface area contributed by atoms with E-state index in [1.807, 2.05) is 12.1 Å². The Morgan fingerprint density at radius 1 is 1.19 bits per heavy atom. The van der Waals surface area contributed by atoms with Gasteiger partial charge in [-0.1, -0.05) is 23.7 Å². The van der Waals surface area contributed by atoms with E-state index in [2.05, 4.69) is 5.32 Å². The molecule has 1 amide bonds. The monoisotopic (exact) mass is 410 g/mol. The number of hydrogen-bond donors (Lipinski definition) is 1. The van der Waals surface area contributed by atoms with Crippen molar-refractivity contribution in [2.24, 2.45) is 0 Å². The maximum Gasteiger partial charge on any atom is 0.253 e. The SMILES string of the molecule is COc1ccc(CNC(=O)c2cc(S(=O)(=O)N(C)C(C)C)ccc2Cl)cc1. The normalized spacial score (nSPS) is 11.7. The summed E-state index contributed by atoms with van der Waals surface area (Å²) in [5.74, 6) is 0.278. The summed E-state index contributed by atoms with van der Waals surface area (Å²) in [4.78, 5) is 12.5. The molecule has 2 aromatic carbocycles. The molecule has 0 heterocycles. The third-order valence-corrected chi connectivity index (χ3v) is 6.56. The molecule has 0 saturated carbocycles. The van der Waals surface area contributed by atoms with E-state index in [1.54, 1.807) is 33.1 Å². The number of benzene rings is 2. The van der Waals surface area contributed by atoms with E-state index in [0.717, 1.165) is 11.3 Å². The molecule has 0 spiro atoms. The summed E-state index contributed by atoms with van der Waals surface area (Å²) < 4.78 is 31.6. The second kappa shape index (κ2) is 8.73. The lowest BCUT2D eigenvalue weighted by molar-refractivity contribution is 0.0951. The molecule has 0 fully saturated rings. The standard InChI is InChI=1S/C19H23ClN2O4S/c1-13(2)22(3)27(24,25)16-9-10-18(20)17(11-16)19(23)21-12-14-5-7-15(26-4)8-6-14/h5-11,13H,12H2,1-4H3,(H,21,23). The van der Waals surface area contributed by atoms with Gasteiger partial charge in [0.25, 0.3) is 5.91 Å². The van der Waals surface area contributed by atoms with Crippen LogP contribution in [-0.4, -0.2) is 38.8 Å². The minimum Gasteiger partial charge on any atom is -0.497 e. The fourth-order valence-electron chi connectivity index (χ4n) is 2.30. The summed E-state index contributed by atoms with van der Waals surface area (Å²) in [5.41, 5.74) is 0.993. The van der Waals surface area contributed by atoms with Crippen LogP contribution in [0.3, 0.4) is 0 Å². The molecule has 0 saturated heterocycles. The highest BCUT2D eigenvalue weighted by molar-refractivity contribution is 7.89. The number of nitrogens with zero attached hydrogens (tertiary/aromatic N) is 1. The quantitative estimate of drug-likeness (QED) is 0.759. The number of sulfonamides is 1. The first kappa shape index (κ1) is 21.2. The summed E-state index contributed by atoms with van der Waals surface area (Å²) in [5, 5.41) is 2.94. The van der Waals surface area contributed by atoms with Crippen molar-refractivity contribution in [1.29, 1.82) is 0 Å². The van der Waals surface area contributed by atoms with Crippen molar-refractivity contribution in [3.63, 3.8) is 0 Å². The third kappa shape index (κ3) is 5.00. The molecule has 6 nitrogen and oxygen atoms in total. The molecule has 0 aliphatic carbocycles. The molecule has 2 rings (SSSR count). The zero-order chi connectivity index (χ0) is 20.2. The average molecular weight is 411 g/mol. The zero-order valence-electron chi connectivity index (χ0n) is 15.7. The topological polar surface area (TPSA) is 75.7 Å². The number of carbonyl (C=O) groups is 1. The Labute approximate surface area is 165 Å². The van der Waals surface area contributed by atoms with Crippen LogP contribution >= 0.6 is 11.6 Å². The highest BCUT2D eigenvalue weighted by Gasteiger charge is 2.25. The minimum absolute atomic E-state index is 0.0256. The number of carbonyl (C=O) groups excluding carboxylic acids is 1. The minimum atomic E-state index is -3.71. The van der Waals surface area contributed by atoms with E-state index < -0.39 is 15.9 Å². The predicted molar refractivity (Wildman–Crippen MR) is 106 cm³/mol. The number of ether oxygens (including phenoxy) is 1. The summed E-state index contributed by atoms with van der Waals surface area (Å²) in [6.07, 6.45) is 0. The molecule has 0 bridgehead atoms. The molecule has 0 radical (unpaired) electrons. The Kier molecular flexibility index (Phi) is 6.86. The van der Waals surface area contributed by atoms with Crippen LogP contribution in [0.1, 0.15) is 29.8 Å². The lowest BCUT2D eigenvalue weighted by Crippen LogP contribution is -2.33. The highest BCUT2D eigenvalue weighted by atomic mass is 35.5. The molecule has 8 heteroatoms. The molecule has 27 heavy (non-hydrogen) atoms. The van der Waals surface area contributed by atoms with Gasteiger partial charge in [-0.3, -0.25) is 4.79 Å². The molecule has 1 N–H and O–H groups in total. The summed E-state index contributed by atoms with van der Waals surface area (Å²) in [6, 6.07) is 11.2. The second-order valence-electron chi connectivity index (χ2n) is 6.29. The van der Waals surface area contributed by atoms with Crippen molar-refractivity contribution in [3.05, 3.63) is 58.6 Å². The number of halogens is 1. The summed E-state index contributed by atoms with van der Waals surface area (Å²) in [6.45, 7) is 3.83. The number of nitrogens with one attached hydrogen (secondary N) is 1. The van der Waals surface area contributed by atoms with Gasteiger partial charge < -0.3 is 10.1 Å². The second-order valence-corrected chi connectivity index (χ2v) is 8.69. The van der Waals surface area contributed by atoms with E-state index in [9.17, 15) is 13.2 Å². The van der Waals surface area contributed by atoms with Gasteiger partial charge in [0.2, 0.25) is 10.0 Å². The van der Waals surface area contributed by atoms with Gasteiger partial charge in [-0.25, -0.2) is 8.42 Å². The number of rotatable bonds is 7. The smallest absolute Gasteiger partial charge is 0.253 e. The first-order valence-corrected chi connectivity index (χ1v) is 10.2. The Morgan fingerprint density at radius 2 is 1.81 bits per heavy atom. The lowest BCUT2D eigenvalue weighted by Gasteiger charge is -2.21. The van der Waals surface area contributed by atoms with Crippen molar-refractivity contribution in [1.82, 2.24) is 9.62 Å². The van der Waals surface area contributed by atoms with Crippen LogP contribution in [0.4, 0.5) is 0 Å². The largest absolute Gasteiger partial charge is 0.497 e. The van der Waals surface area contributed by atoms with Crippen LogP contribution in [0.25, 0.3) is 0 Å². The van der Waals surface area contributed by atoms with E-state index in [-0.39, 0.29) is 28.1 Å². The maximum absolute atomic E-state index is 12.6.